The van der Waals surface area contributed by atoms with E-state index in [4.69, 9.17) is 0 Å². The van der Waals surface area contributed by atoms with Gasteiger partial charge in [0.1, 0.15) is 5.75 Å². The van der Waals surface area contributed by atoms with Gasteiger partial charge in [0.2, 0.25) is 0 Å². The number of rotatable bonds is 1. The SMILES string of the molecule is Cc1c(O)c(C(C)C)cc2cn(C)nc12. The van der Waals surface area contributed by atoms with Gasteiger partial charge in [-0.15, -0.1) is 0 Å². The lowest BCUT2D eigenvalue weighted by Gasteiger charge is -2.10. The number of fused-ring (bicyclic) bond motifs is 1. The molecule has 1 heterocycles. The molecule has 0 saturated carbocycles. The average molecular weight is 204 g/mol. The van der Waals surface area contributed by atoms with E-state index in [1.165, 1.54) is 0 Å². The lowest BCUT2D eigenvalue weighted by atomic mass is 9.97. The van der Waals surface area contributed by atoms with Gasteiger partial charge in [0.15, 0.2) is 0 Å². The lowest BCUT2D eigenvalue weighted by molar-refractivity contribution is 0.461. The summed E-state index contributed by atoms with van der Waals surface area (Å²) in [5, 5.41) is 15.5. The van der Waals surface area contributed by atoms with Crippen LogP contribution in [0.15, 0.2) is 12.3 Å². The highest BCUT2D eigenvalue weighted by Gasteiger charge is 2.13. The van der Waals surface area contributed by atoms with Crippen molar-refractivity contribution in [3.63, 3.8) is 0 Å². The van der Waals surface area contributed by atoms with E-state index >= 15 is 0 Å². The minimum atomic E-state index is 0.327. The van der Waals surface area contributed by atoms with E-state index in [0.29, 0.717) is 11.7 Å². The van der Waals surface area contributed by atoms with Gasteiger partial charge in [-0.05, 0) is 24.5 Å². The highest BCUT2D eigenvalue weighted by atomic mass is 16.3. The molecule has 2 rings (SSSR count). The van der Waals surface area contributed by atoms with Crippen LogP contribution in [0.5, 0.6) is 5.75 Å². The van der Waals surface area contributed by atoms with Gasteiger partial charge in [0.25, 0.3) is 0 Å². The van der Waals surface area contributed by atoms with Crippen molar-refractivity contribution in [1.29, 1.82) is 0 Å². The Balaban J connectivity index is 2.81. The van der Waals surface area contributed by atoms with Crippen molar-refractivity contribution in [3.05, 3.63) is 23.4 Å². The first-order valence-electron chi connectivity index (χ1n) is 5.16. The molecule has 1 N–H and O–H groups in total. The number of aromatic hydroxyl groups is 1. The molecule has 0 bridgehead atoms. The summed E-state index contributed by atoms with van der Waals surface area (Å²) in [4.78, 5) is 0. The first-order valence-corrected chi connectivity index (χ1v) is 5.16. The Morgan fingerprint density at radius 2 is 2.07 bits per heavy atom. The number of aromatic nitrogens is 2. The van der Waals surface area contributed by atoms with Crippen molar-refractivity contribution in [2.24, 2.45) is 7.05 Å². The predicted octanol–water partition coefficient (Wildman–Crippen LogP) is 2.71. The van der Waals surface area contributed by atoms with Crippen molar-refractivity contribution in [1.82, 2.24) is 9.78 Å². The molecule has 0 spiro atoms. The van der Waals surface area contributed by atoms with Crippen LogP contribution in [0.1, 0.15) is 30.9 Å². The monoisotopic (exact) mass is 204 g/mol. The topological polar surface area (TPSA) is 38.0 Å². The van der Waals surface area contributed by atoms with Crippen LogP contribution in [0.3, 0.4) is 0 Å². The molecule has 0 aliphatic heterocycles. The molecule has 1 aromatic carbocycles. The average Bonchev–Trinajstić information content (AvgIpc) is 2.52. The molecule has 0 saturated heterocycles. The van der Waals surface area contributed by atoms with Gasteiger partial charge in [-0.3, -0.25) is 4.68 Å². The maximum absolute atomic E-state index is 10.0. The van der Waals surface area contributed by atoms with Gasteiger partial charge < -0.3 is 5.11 Å². The number of nitrogens with zero attached hydrogens (tertiary/aromatic N) is 2. The van der Waals surface area contributed by atoms with E-state index in [9.17, 15) is 5.11 Å². The fourth-order valence-corrected chi connectivity index (χ4v) is 1.91. The van der Waals surface area contributed by atoms with E-state index in [1.807, 2.05) is 26.2 Å². The van der Waals surface area contributed by atoms with Crippen molar-refractivity contribution in [3.8, 4) is 5.75 Å². The second-order valence-electron chi connectivity index (χ2n) is 4.33. The highest BCUT2D eigenvalue weighted by Crippen LogP contribution is 2.33. The Labute approximate surface area is 89.3 Å². The first-order chi connectivity index (χ1) is 7.00. The third kappa shape index (κ3) is 1.48. The fraction of sp³-hybridized carbons (Fsp3) is 0.417. The first kappa shape index (κ1) is 10.0. The van der Waals surface area contributed by atoms with Gasteiger partial charge in [-0.25, -0.2) is 0 Å². The zero-order valence-corrected chi connectivity index (χ0v) is 9.57. The standard InChI is InChI=1S/C12H16N2O/c1-7(2)10-5-9-6-14(4)13-11(9)8(3)12(10)15/h5-7,15H,1-4H3. The predicted molar refractivity (Wildman–Crippen MR) is 61.2 cm³/mol. The van der Waals surface area contributed by atoms with E-state index in [0.717, 1.165) is 22.0 Å². The third-order valence-electron chi connectivity index (χ3n) is 2.77. The van der Waals surface area contributed by atoms with Crippen LogP contribution in [-0.4, -0.2) is 14.9 Å². The Morgan fingerprint density at radius 1 is 1.40 bits per heavy atom. The minimum Gasteiger partial charge on any atom is -0.507 e. The number of hydrogen-bond acceptors (Lipinski definition) is 2. The summed E-state index contributed by atoms with van der Waals surface area (Å²) in [7, 11) is 1.89. The Bertz CT molecular complexity index is 512. The molecule has 3 nitrogen and oxygen atoms in total. The summed E-state index contributed by atoms with van der Waals surface area (Å²) in [6.45, 7) is 6.07. The zero-order chi connectivity index (χ0) is 11.2. The molecule has 0 unspecified atom stereocenters. The van der Waals surface area contributed by atoms with Crippen molar-refractivity contribution < 1.29 is 5.11 Å². The van der Waals surface area contributed by atoms with E-state index in [1.54, 1.807) is 4.68 Å². The summed E-state index contributed by atoms with van der Waals surface area (Å²) in [5.41, 5.74) is 2.75. The molecular weight excluding hydrogens is 188 g/mol. The number of phenolic OH excluding ortho intramolecular Hbond substituents is 1. The molecule has 0 fully saturated rings. The largest absolute Gasteiger partial charge is 0.507 e. The van der Waals surface area contributed by atoms with Crippen LogP contribution in [0.4, 0.5) is 0 Å². The smallest absolute Gasteiger partial charge is 0.124 e. The van der Waals surface area contributed by atoms with Gasteiger partial charge in [0.05, 0.1) is 5.52 Å². The fourth-order valence-electron chi connectivity index (χ4n) is 1.91. The highest BCUT2D eigenvalue weighted by molar-refractivity contribution is 5.85. The van der Waals surface area contributed by atoms with Gasteiger partial charge in [-0.2, -0.15) is 5.10 Å². The summed E-state index contributed by atoms with van der Waals surface area (Å²) in [6.07, 6.45) is 1.98. The second-order valence-corrected chi connectivity index (χ2v) is 4.33. The van der Waals surface area contributed by atoms with Crippen LogP contribution in [-0.2, 0) is 7.05 Å². The molecule has 0 atom stereocenters. The molecule has 0 aliphatic rings. The molecule has 0 radical (unpaired) electrons. The van der Waals surface area contributed by atoms with Crippen LogP contribution in [0, 0.1) is 6.92 Å². The van der Waals surface area contributed by atoms with Crippen LogP contribution >= 0.6 is 0 Å². The van der Waals surface area contributed by atoms with E-state index in [2.05, 4.69) is 18.9 Å². The summed E-state index contributed by atoms with van der Waals surface area (Å²) >= 11 is 0. The van der Waals surface area contributed by atoms with Crippen LogP contribution in [0.2, 0.25) is 0 Å². The molecule has 0 amide bonds. The van der Waals surface area contributed by atoms with Crippen LogP contribution < -0.4 is 0 Å². The number of phenols is 1. The molecule has 80 valence electrons. The molecule has 15 heavy (non-hydrogen) atoms. The molecule has 0 aliphatic carbocycles. The van der Waals surface area contributed by atoms with Crippen molar-refractivity contribution in [2.75, 3.05) is 0 Å². The lowest BCUT2D eigenvalue weighted by Crippen LogP contribution is -1.91. The number of aryl methyl sites for hydroxylation is 2. The second kappa shape index (κ2) is 3.26. The Morgan fingerprint density at radius 3 is 2.67 bits per heavy atom. The minimum absolute atomic E-state index is 0.327. The third-order valence-corrected chi connectivity index (χ3v) is 2.77. The normalized spacial score (nSPS) is 11.5. The van der Waals surface area contributed by atoms with E-state index < -0.39 is 0 Å². The van der Waals surface area contributed by atoms with E-state index in [-0.39, 0.29) is 0 Å². The number of benzene rings is 1. The maximum atomic E-state index is 10.0. The zero-order valence-electron chi connectivity index (χ0n) is 9.57. The molecule has 1 aromatic heterocycles. The summed E-state index contributed by atoms with van der Waals surface area (Å²) in [5.74, 6) is 0.713. The molecule has 3 heteroatoms. The summed E-state index contributed by atoms with van der Waals surface area (Å²) < 4.78 is 1.78. The van der Waals surface area contributed by atoms with Gasteiger partial charge in [-0.1, -0.05) is 13.8 Å². The van der Waals surface area contributed by atoms with Gasteiger partial charge in [0, 0.05) is 24.2 Å². The van der Waals surface area contributed by atoms with Gasteiger partial charge >= 0.3 is 0 Å². The summed E-state index contributed by atoms with van der Waals surface area (Å²) in [6, 6.07) is 2.02. The molecular formula is C12H16N2O. The maximum Gasteiger partial charge on any atom is 0.124 e. The Hall–Kier alpha value is -1.51. The quantitative estimate of drug-likeness (QED) is 0.775. The Kier molecular flexibility index (Phi) is 2.18. The molecule has 2 aromatic rings. The number of hydrogen-bond donors (Lipinski definition) is 1. The van der Waals surface area contributed by atoms with Crippen LogP contribution in [0.25, 0.3) is 10.9 Å². The van der Waals surface area contributed by atoms with Crippen molar-refractivity contribution >= 4 is 10.9 Å². The van der Waals surface area contributed by atoms with Crippen molar-refractivity contribution in [2.45, 2.75) is 26.7 Å².